The Balaban J connectivity index is 1.58. The second-order valence-electron chi connectivity index (χ2n) is 6.74. The van der Waals surface area contributed by atoms with Gasteiger partial charge in [0.15, 0.2) is 6.10 Å². The number of oxime groups is 1. The maximum atomic E-state index is 5.88. The molecule has 0 spiro atoms. The summed E-state index contributed by atoms with van der Waals surface area (Å²) in [7, 11) is 0. The summed E-state index contributed by atoms with van der Waals surface area (Å²) in [5.74, 6) is 0.927. The maximum Gasteiger partial charge on any atom is 0.163 e. The minimum atomic E-state index is -0.190. The first-order valence-electron chi connectivity index (χ1n) is 9.22. The van der Waals surface area contributed by atoms with E-state index < -0.39 is 0 Å². The lowest BCUT2D eigenvalue weighted by Gasteiger charge is -2.13. The average Bonchev–Trinajstić information content (AvgIpc) is 3.49. The van der Waals surface area contributed by atoms with Crippen molar-refractivity contribution in [1.29, 1.82) is 0 Å². The van der Waals surface area contributed by atoms with E-state index in [-0.39, 0.29) is 6.10 Å². The Bertz CT molecular complexity index is 1110. The van der Waals surface area contributed by atoms with E-state index >= 15 is 0 Å². The Labute approximate surface area is 162 Å². The monoisotopic (exact) mass is 369 g/mol. The molecule has 6 nitrogen and oxygen atoms in total. The first kappa shape index (κ1) is 16.5. The third-order valence-corrected chi connectivity index (χ3v) is 4.93. The molecule has 1 atom stereocenters. The lowest BCUT2D eigenvalue weighted by atomic mass is 10.00. The second kappa shape index (κ2) is 6.81. The number of benzene rings is 2. The van der Waals surface area contributed by atoms with Gasteiger partial charge in [0.1, 0.15) is 12.1 Å². The van der Waals surface area contributed by atoms with Crippen molar-refractivity contribution in [2.45, 2.75) is 19.4 Å². The van der Waals surface area contributed by atoms with Crippen LogP contribution in [-0.4, -0.2) is 25.0 Å². The van der Waals surface area contributed by atoms with Gasteiger partial charge in [-0.2, -0.15) is 5.10 Å². The van der Waals surface area contributed by atoms with Crippen LogP contribution in [0.25, 0.3) is 11.5 Å². The molecular formula is C22H19N5O. The number of rotatable bonds is 4. The molecule has 3 heterocycles. The van der Waals surface area contributed by atoms with Gasteiger partial charge >= 0.3 is 0 Å². The minimum absolute atomic E-state index is 0.190. The molecule has 0 amide bonds. The van der Waals surface area contributed by atoms with E-state index in [1.807, 2.05) is 70.9 Å². The summed E-state index contributed by atoms with van der Waals surface area (Å²) >= 11 is 0. The van der Waals surface area contributed by atoms with Crippen molar-refractivity contribution in [3.05, 3.63) is 96.2 Å². The van der Waals surface area contributed by atoms with Crippen molar-refractivity contribution in [3.8, 4) is 11.5 Å². The van der Waals surface area contributed by atoms with E-state index in [1.165, 1.54) is 0 Å². The highest BCUT2D eigenvalue weighted by atomic mass is 16.6. The van der Waals surface area contributed by atoms with Crippen LogP contribution in [0.3, 0.4) is 0 Å². The molecule has 5 rings (SSSR count). The summed E-state index contributed by atoms with van der Waals surface area (Å²) in [4.78, 5) is 10.1. The predicted molar refractivity (Wildman–Crippen MR) is 107 cm³/mol. The van der Waals surface area contributed by atoms with E-state index in [4.69, 9.17) is 9.94 Å². The van der Waals surface area contributed by atoms with Crippen LogP contribution in [0.15, 0.2) is 84.5 Å². The van der Waals surface area contributed by atoms with Gasteiger partial charge in [0.25, 0.3) is 0 Å². The summed E-state index contributed by atoms with van der Waals surface area (Å²) in [5.41, 5.74) is 4.97. The molecular weight excluding hydrogens is 350 g/mol. The van der Waals surface area contributed by atoms with E-state index in [0.717, 1.165) is 34.0 Å². The zero-order chi connectivity index (χ0) is 18.9. The summed E-state index contributed by atoms with van der Waals surface area (Å²) in [6.45, 7) is 2.01. The molecule has 2 aromatic heterocycles. The van der Waals surface area contributed by atoms with E-state index in [1.54, 1.807) is 12.5 Å². The number of hydrogen-bond donors (Lipinski definition) is 0. The number of imidazole rings is 1. The Morgan fingerprint density at radius 1 is 1.00 bits per heavy atom. The molecule has 1 aliphatic heterocycles. The number of para-hydroxylation sites is 1. The Hall–Kier alpha value is -3.67. The Kier molecular flexibility index (Phi) is 4.01. The fraction of sp³-hybridized carbons (Fsp3) is 0.136. The topological polar surface area (TPSA) is 57.2 Å². The molecule has 4 aromatic rings. The first-order valence-corrected chi connectivity index (χ1v) is 9.22. The standard InChI is InChI=1S/C22H19N5O/c1-16-21(20-14-19(25-28-20)17-8-4-2-5-9-17)22(26-13-12-23-15-26)27(24-16)18-10-6-3-7-11-18/h2-13,15,20H,14H2,1H3. The zero-order valence-electron chi connectivity index (χ0n) is 15.4. The lowest BCUT2D eigenvalue weighted by Crippen LogP contribution is -2.09. The highest BCUT2D eigenvalue weighted by Crippen LogP contribution is 2.36. The van der Waals surface area contributed by atoms with Gasteiger partial charge in [0.2, 0.25) is 0 Å². The molecule has 0 N–H and O–H groups in total. The summed E-state index contributed by atoms with van der Waals surface area (Å²) in [5, 5.41) is 9.18. The van der Waals surface area contributed by atoms with Crippen molar-refractivity contribution in [2.75, 3.05) is 0 Å². The summed E-state index contributed by atoms with van der Waals surface area (Å²) in [6, 6.07) is 20.2. The molecule has 0 fully saturated rings. The fourth-order valence-corrected chi connectivity index (χ4v) is 3.62. The number of nitrogens with zero attached hydrogens (tertiary/aromatic N) is 5. The number of aryl methyl sites for hydroxylation is 1. The van der Waals surface area contributed by atoms with E-state index in [0.29, 0.717) is 6.42 Å². The third kappa shape index (κ3) is 2.79. The van der Waals surface area contributed by atoms with Crippen molar-refractivity contribution >= 4 is 5.71 Å². The zero-order valence-corrected chi connectivity index (χ0v) is 15.4. The normalized spacial score (nSPS) is 16.0. The van der Waals surface area contributed by atoms with Gasteiger partial charge in [-0.3, -0.25) is 4.57 Å². The van der Waals surface area contributed by atoms with E-state index in [9.17, 15) is 0 Å². The molecule has 0 saturated heterocycles. The highest BCUT2D eigenvalue weighted by molar-refractivity contribution is 6.01. The molecule has 0 saturated carbocycles. The van der Waals surface area contributed by atoms with Crippen LogP contribution < -0.4 is 0 Å². The number of aromatic nitrogens is 4. The van der Waals surface area contributed by atoms with Gasteiger partial charge in [-0.1, -0.05) is 53.7 Å². The maximum absolute atomic E-state index is 5.88. The van der Waals surface area contributed by atoms with Crippen molar-refractivity contribution in [3.63, 3.8) is 0 Å². The Morgan fingerprint density at radius 3 is 2.46 bits per heavy atom. The van der Waals surface area contributed by atoms with Crippen LogP contribution in [-0.2, 0) is 4.84 Å². The van der Waals surface area contributed by atoms with Crippen molar-refractivity contribution in [1.82, 2.24) is 19.3 Å². The second-order valence-corrected chi connectivity index (χ2v) is 6.74. The van der Waals surface area contributed by atoms with Crippen LogP contribution in [0, 0.1) is 6.92 Å². The smallest absolute Gasteiger partial charge is 0.163 e. The van der Waals surface area contributed by atoms with Crippen LogP contribution in [0.4, 0.5) is 0 Å². The van der Waals surface area contributed by atoms with Gasteiger partial charge in [0.05, 0.1) is 22.7 Å². The van der Waals surface area contributed by atoms with Crippen molar-refractivity contribution < 1.29 is 4.84 Å². The van der Waals surface area contributed by atoms with Crippen LogP contribution in [0.2, 0.25) is 0 Å². The molecule has 0 aliphatic carbocycles. The van der Waals surface area contributed by atoms with Gasteiger partial charge in [-0.25, -0.2) is 9.67 Å². The Morgan fingerprint density at radius 2 is 1.75 bits per heavy atom. The molecule has 0 bridgehead atoms. The summed E-state index contributed by atoms with van der Waals surface area (Å²) < 4.78 is 3.92. The molecule has 1 unspecified atom stereocenters. The van der Waals surface area contributed by atoms with Gasteiger partial charge in [-0.05, 0) is 24.6 Å². The number of hydrogen-bond acceptors (Lipinski definition) is 4. The van der Waals surface area contributed by atoms with Crippen molar-refractivity contribution in [2.24, 2.45) is 5.16 Å². The average molecular weight is 369 g/mol. The van der Waals surface area contributed by atoms with Crippen LogP contribution in [0.1, 0.15) is 29.3 Å². The van der Waals surface area contributed by atoms with Gasteiger partial charge in [-0.15, -0.1) is 0 Å². The molecule has 138 valence electrons. The highest BCUT2D eigenvalue weighted by Gasteiger charge is 2.31. The fourth-order valence-electron chi connectivity index (χ4n) is 3.62. The predicted octanol–water partition coefficient (Wildman–Crippen LogP) is 4.23. The van der Waals surface area contributed by atoms with E-state index in [2.05, 4.69) is 22.3 Å². The molecule has 6 heteroatoms. The van der Waals surface area contributed by atoms with Crippen LogP contribution >= 0.6 is 0 Å². The van der Waals surface area contributed by atoms with Gasteiger partial charge < -0.3 is 4.84 Å². The minimum Gasteiger partial charge on any atom is -0.387 e. The molecule has 0 radical (unpaired) electrons. The molecule has 1 aliphatic rings. The van der Waals surface area contributed by atoms with Gasteiger partial charge in [0, 0.05) is 18.8 Å². The first-order chi connectivity index (χ1) is 13.8. The quantitative estimate of drug-likeness (QED) is 0.541. The van der Waals surface area contributed by atoms with Crippen LogP contribution in [0.5, 0.6) is 0 Å². The largest absolute Gasteiger partial charge is 0.387 e. The molecule has 2 aromatic carbocycles. The third-order valence-electron chi connectivity index (χ3n) is 4.93. The SMILES string of the molecule is Cc1nn(-c2ccccc2)c(-n2ccnc2)c1C1CC(c2ccccc2)=NO1. The molecule has 28 heavy (non-hydrogen) atoms. The summed E-state index contributed by atoms with van der Waals surface area (Å²) in [6.07, 6.45) is 5.99. The lowest BCUT2D eigenvalue weighted by molar-refractivity contribution is 0.0852.